The number of rotatable bonds is 5. The maximum Gasteiger partial charge on any atom is 0.446 e. The first-order valence-corrected chi connectivity index (χ1v) is 6.76. The monoisotopic (exact) mass is 339 g/mol. The van der Waals surface area contributed by atoms with Crippen molar-refractivity contribution in [3.63, 3.8) is 0 Å². The normalized spacial score (nSPS) is 11.4. The molecule has 0 aliphatic rings. The van der Waals surface area contributed by atoms with Crippen molar-refractivity contribution in [2.75, 3.05) is 6.61 Å². The molecule has 22 heavy (non-hydrogen) atoms. The van der Waals surface area contributed by atoms with Crippen molar-refractivity contribution in [3.8, 4) is 6.07 Å². The molecule has 0 amide bonds. The van der Waals surface area contributed by atoms with E-state index in [1.54, 1.807) is 0 Å². The van der Waals surface area contributed by atoms with E-state index in [0.29, 0.717) is 0 Å². The van der Waals surface area contributed by atoms with Crippen LogP contribution in [0.5, 0.6) is 0 Å². The van der Waals surface area contributed by atoms with Gasteiger partial charge in [-0.1, -0.05) is 6.07 Å². The Morgan fingerprint density at radius 1 is 1.41 bits per heavy atom. The highest BCUT2D eigenvalue weighted by atomic mass is 32.2. The molecule has 0 saturated heterocycles. The lowest BCUT2D eigenvalue weighted by Gasteiger charge is -2.16. The molecule has 0 aliphatic carbocycles. The van der Waals surface area contributed by atoms with E-state index in [0.717, 1.165) is 12.1 Å². The van der Waals surface area contributed by atoms with Crippen molar-refractivity contribution in [3.05, 3.63) is 28.8 Å². The van der Waals surface area contributed by atoms with Crippen molar-refractivity contribution in [1.82, 2.24) is 0 Å². The summed E-state index contributed by atoms with van der Waals surface area (Å²) < 4.78 is 68.5. The zero-order chi connectivity index (χ0) is 16.9. The number of hydrogen-bond acceptors (Lipinski definition) is 4. The highest BCUT2D eigenvalue weighted by Crippen LogP contribution is 2.44. The third-order valence-electron chi connectivity index (χ3n) is 2.48. The molecule has 0 fully saturated rings. The average molecular weight is 339 g/mol. The number of carbonyl (C=O) groups is 1. The van der Waals surface area contributed by atoms with E-state index in [9.17, 15) is 26.7 Å². The Morgan fingerprint density at radius 3 is 2.50 bits per heavy atom. The van der Waals surface area contributed by atoms with Crippen LogP contribution < -0.4 is 0 Å². The summed E-state index contributed by atoms with van der Waals surface area (Å²) in [4.78, 5) is 10.5. The summed E-state index contributed by atoms with van der Waals surface area (Å²) in [6.45, 7) is 1.53. The number of nitriles is 1. The maximum atomic E-state index is 13.2. The van der Waals surface area contributed by atoms with E-state index < -0.39 is 52.1 Å². The van der Waals surface area contributed by atoms with Crippen molar-refractivity contribution < 1.29 is 31.5 Å². The summed E-state index contributed by atoms with van der Waals surface area (Å²) in [5, 5.41) is 8.81. The number of benzene rings is 1. The topological polar surface area (TPSA) is 50.1 Å². The van der Waals surface area contributed by atoms with Crippen LogP contribution >= 0.6 is 11.8 Å². The van der Waals surface area contributed by atoms with E-state index in [1.165, 1.54) is 13.0 Å². The quantitative estimate of drug-likeness (QED) is 0.458. The zero-order valence-electron chi connectivity index (χ0n) is 11.2. The predicted octanol–water partition coefficient (Wildman–Crippen LogP) is 4.21. The van der Waals surface area contributed by atoms with E-state index >= 15 is 0 Å². The summed E-state index contributed by atoms with van der Waals surface area (Å²) >= 11 is -0.793. The second kappa shape index (κ2) is 7.45. The Labute approximate surface area is 127 Å². The van der Waals surface area contributed by atoms with Gasteiger partial charge in [0.2, 0.25) is 0 Å². The minimum atomic E-state index is -4.84. The van der Waals surface area contributed by atoms with E-state index in [2.05, 4.69) is 4.74 Å². The largest absolute Gasteiger partial charge is 0.466 e. The highest BCUT2D eigenvalue weighted by molar-refractivity contribution is 8.00. The molecular weight excluding hydrogens is 329 g/mol. The van der Waals surface area contributed by atoms with Crippen molar-refractivity contribution in [2.24, 2.45) is 0 Å². The molecule has 1 aromatic rings. The third-order valence-corrected chi connectivity index (χ3v) is 3.36. The van der Waals surface area contributed by atoms with Gasteiger partial charge in [-0.3, -0.25) is 4.79 Å². The fourth-order valence-corrected chi connectivity index (χ4v) is 2.50. The van der Waals surface area contributed by atoms with Crippen LogP contribution in [0.3, 0.4) is 0 Å². The molecule has 0 atom stereocenters. The molecule has 0 aliphatic heterocycles. The van der Waals surface area contributed by atoms with Gasteiger partial charge in [0.15, 0.2) is 0 Å². The van der Waals surface area contributed by atoms with Crippen LogP contribution in [0.25, 0.3) is 0 Å². The molecule has 120 valence electrons. The molecule has 0 radical (unpaired) electrons. The van der Waals surface area contributed by atoms with Crippen molar-refractivity contribution in [1.29, 1.82) is 5.26 Å². The molecule has 0 bridgehead atoms. The molecule has 1 rings (SSSR count). The minimum absolute atomic E-state index is 0.0171. The van der Waals surface area contributed by atoms with Gasteiger partial charge in [-0.15, -0.1) is 0 Å². The summed E-state index contributed by atoms with van der Waals surface area (Å²) in [5.74, 6) is -0.836. The Hall–Kier alpha value is -1.82. The van der Waals surface area contributed by atoms with Crippen LogP contribution in [0.1, 0.15) is 30.0 Å². The van der Waals surface area contributed by atoms with Crippen LogP contribution in [0, 0.1) is 11.3 Å². The number of thioether (sulfide) groups is 1. The van der Waals surface area contributed by atoms with Gasteiger partial charge < -0.3 is 4.74 Å². The Bertz CT molecular complexity index is 595. The van der Waals surface area contributed by atoms with Gasteiger partial charge in [-0.25, -0.2) is 8.78 Å². The van der Waals surface area contributed by atoms with Gasteiger partial charge in [0.25, 0.3) is 6.43 Å². The third kappa shape index (κ3) is 4.87. The lowest BCUT2D eigenvalue weighted by Crippen LogP contribution is -2.12. The van der Waals surface area contributed by atoms with Gasteiger partial charge >= 0.3 is 11.5 Å². The van der Waals surface area contributed by atoms with Crippen LogP contribution in [0.2, 0.25) is 0 Å². The SMILES string of the molecule is CCOC(=O)Cc1ccc(C#N)c(SC(F)(F)F)c1C(F)F. The van der Waals surface area contributed by atoms with Gasteiger partial charge in [0.05, 0.1) is 18.6 Å². The maximum absolute atomic E-state index is 13.2. The molecule has 0 heterocycles. The molecule has 0 saturated carbocycles. The van der Waals surface area contributed by atoms with Crippen molar-refractivity contribution in [2.45, 2.75) is 30.2 Å². The molecular formula is C13H10F5NO2S. The molecule has 1 aromatic carbocycles. The summed E-state index contributed by atoms with van der Waals surface area (Å²) in [7, 11) is 0. The number of hydrogen-bond donors (Lipinski definition) is 0. The van der Waals surface area contributed by atoms with Gasteiger partial charge in [-0.2, -0.15) is 18.4 Å². The fraction of sp³-hybridized carbons (Fsp3) is 0.385. The lowest BCUT2D eigenvalue weighted by atomic mass is 10.0. The van der Waals surface area contributed by atoms with Crippen LogP contribution in [0.15, 0.2) is 17.0 Å². The van der Waals surface area contributed by atoms with Crippen LogP contribution in [-0.4, -0.2) is 18.1 Å². The smallest absolute Gasteiger partial charge is 0.446 e. The minimum Gasteiger partial charge on any atom is -0.466 e. The summed E-state index contributed by atoms with van der Waals surface area (Å²) in [6.07, 6.45) is -3.85. The fourth-order valence-electron chi connectivity index (χ4n) is 1.71. The number of nitrogens with zero attached hydrogens (tertiary/aromatic N) is 1. The van der Waals surface area contributed by atoms with Crippen LogP contribution in [-0.2, 0) is 16.0 Å². The number of ether oxygens (including phenoxy) is 1. The van der Waals surface area contributed by atoms with Gasteiger partial charge in [0, 0.05) is 10.5 Å². The zero-order valence-corrected chi connectivity index (χ0v) is 12.0. The van der Waals surface area contributed by atoms with E-state index in [4.69, 9.17) is 5.26 Å². The van der Waals surface area contributed by atoms with Gasteiger partial charge in [0.1, 0.15) is 6.07 Å². The second-order valence-electron chi connectivity index (χ2n) is 3.96. The molecule has 3 nitrogen and oxygen atoms in total. The van der Waals surface area contributed by atoms with E-state index in [-0.39, 0.29) is 12.2 Å². The average Bonchev–Trinajstić information content (AvgIpc) is 2.37. The first-order valence-electron chi connectivity index (χ1n) is 5.95. The molecule has 0 N–H and O–H groups in total. The second-order valence-corrected chi connectivity index (χ2v) is 5.03. The first kappa shape index (κ1) is 18.2. The number of halogens is 5. The van der Waals surface area contributed by atoms with Gasteiger partial charge in [-0.05, 0) is 30.3 Å². The highest BCUT2D eigenvalue weighted by Gasteiger charge is 2.34. The van der Waals surface area contributed by atoms with E-state index in [1.807, 2.05) is 0 Å². The van der Waals surface area contributed by atoms with Crippen molar-refractivity contribution >= 4 is 17.7 Å². The Morgan fingerprint density at radius 2 is 2.05 bits per heavy atom. The number of carbonyl (C=O) groups excluding carboxylic acids is 1. The predicted molar refractivity (Wildman–Crippen MR) is 68.4 cm³/mol. The number of esters is 1. The molecule has 0 spiro atoms. The molecule has 0 unspecified atom stereocenters. The molecule has 0 aromatic heterocycles. The Kier molecular flexibility index (Phi) is 6.17. The first-order chi connectivity index (χ1) is 10.2. The summed E-state index contributed by atoms with van der Waals surface area (Å²) in [6, 6.07) is 3.47. The standard InChI is InChI=1S/C13H10F5NO2S/c1-2-21-9(20)5-7-3-4-8(6-19)11(10(7)12(14)15)22-13(16,17)18/h3-4,12H,2,5H2,1H3. The number of alkyl halides is 5. The Balaban J connectivity index is 3.38. The lowest BCUT2D eigenvalue weighted by molar-refractivity contribution is -0.142. The summed E-state index contributed by atoms with van der Waals surface area (Å²) in [5.41, 5.74) is -6.61. The van der Waals surface area contributed by atoms with Crippen LogP contribution in [0.4, 0.5) is 22.0 Å². The molecule has 9 heteroatoms.